The van der Waals surface area contributed by atoms with E-state index < -0.39 is 0 Å². The second kappa shape index (κ2) is 3.95. The van der Waals surface area contributed by atoms with Gasteiger partial charge in [-0.2, -0.15) is 0 Å². The molecule has 0 amide bonds. The molecule has 2 unspecified atom stereocenters. The Balaban J connectivity index is 2.01. The summed E-state index contributed by atoms with van der Waals surface area (Å²) in [5, 5.41) is 3.15. The Bertz CT molecular complexity index is 314. The number of hydrogen-bond acceptors (Lipinski definition) is 2. The Morgan fingerprint density at radius 2 is 2.36 bits per heavy atom. The molecule has 2 nitrogen and oxygen atoms in total. The van der Waals surface area contributed by atoms with Gasteiger partial charge in [0.05, 0.1) is 0 Å². The molecular weight excluding hydrogens is 179 g/mol. The standard InChI is InChI=1S/C11H15FN2/c1-8-4-5-9(7-8)14-11-10(12)3-2-6-13-11/h2-3,6,8-9H,4-5,7H2,1H3,(H,13,14). The van der Waals surface area contributed by atoms with Crippen molar-refractivity contribution in [3.8, 4) is 0 Å². The maximum Gasteiger partial charge on any atom is 0.165 e. The van der Waals surface area contributed by atoms with Crippen LogP contribution in [-0.2, 0) is 0 Å². The van der Waals surface area contributed by atoms with Crippen LogP contribution in [0.4, 0.5) is 10.2 Å². The lowest BCUT2D eigenvalue weighted by Crippen LogP contribution is -2.17. The third kappa shape index (κ3) is 2.03. The molecule has 1 heterocycles. The minimum atomic E-state index is -0.257. The zero-order valence-electron chi connectivity index (χ0n) is 8.33. The van der Waals surface area contributed by atoms with E-state index in [1.165, 1.54) is 12.5 Å². The first-order valence-electron chi connectivity index (χ1n) is 5.13. The van der Waals surface area contributed by atoms with Crippen LogP contribution in [0.3, 0.4) is 0 Å². The van der Waals surface area contributed by atoms with Crippen molar-refractivity contribution in [3.05, 3.63) is 24.1 Å². The van der Waals surface area contributed by atoms with E-state index in [9.17, 15) is 4.39 Å². The molecule has 0 aromatic carbocycles. The van der Waals surface area contributed by atoms with Crippen molar-refractivity contribution in [2.24, 2.45) is 5.92 Å². The third-order valence-electron chi connectivity index (χ3n) is 2.79. The summed E-state index contributed by atoms with van der Waals surface area (Å²) in [6, 6.07) is 3.44. The third-order valence-corrected chi connectivity index (χ3v) is 2.79. The Morgan fingerprint density at radius 1 is 1.50 bits per heavy atom. The van der Waals surface area contributed by atoms with E-state index in [-0.39, 0.29) is 5.82 Å². The fourth-order valence-electron chi connectivity index (χ4n) is 2.02. The molecule has 0 aliphatic heterocycles. The molecule has 0 bridgehead atoms. The number of aromatic nitrogens is 1. The molecule has 2 atom stereocenters. The summed E-state index contributed by atoms with van der Waals surface area (Å²) < 4.78 is 13.2. The summed E-state index contributed by atoms with van der Waals surface area (Å²) in [7, 11) is 0. The van der Waals surface area contributed by atoms with E-state index in [0.717, 1.165) is 18.8 Å². The Hall–Kier alpha value is -1.12. The van der Waals surface area contributed by atoms with Crippen LogP contribution >= 0.6 is 0 Å². The zero-order valence-corrected chi connectivity index (χ0v) is 8.33. The van der Waals surface area contributed by atoms with Gasteiger partial charge in [-0.3, -0.25) is 0 Å². The maximum absolute atomic E-state index is 13.2. The van der Waals surface area contributed by atoms with Gasteiger partial charge < -0.3 is 5.32 Å². The van der Waals surface area contributed by atoms with Crippen LogP contribution in [0, 0.1) is 11.7 Å². The van der Waals surface area contributed by atoms with Crippen LogP contribution in [-0.4, -0.2) is 11.0 Å². The first kappa shape index (κ1) is 9.44. The van der Waals surface area contributed by atoms with Gasteiger partial charge in [0.25, 0.3) is 0 Å². The normalized spacial score (nSPS) is 26.4. The molecule has 1 saturated carbocycles. The minimum absolute atomic E-state index is 0.257. The van der Waals surface area contributed by atoms with E-state index >= 15 is 0 Å². The number of pyridine rings is 1. The van der Waals surface area contributed by atoms with Crippen LogP contribution in [0.5, 0.6) is 0 Å². The molecule has 3 heteroatoms. The van der Waals surface area contributed by atoms with E-state index in [1.54, 1.807) is 12.3 Å². The minimum Gasteiger partial charge on any atom is -0.365 e. The topological polar surface area (TPSA) is 24.9 Å². The van der Waals surface area contributed by atoms with E-state index in [1.807, 2.05) is 0 Å². The van der Waals surface area contributed by atoms with Gasteiger partial charge in [0, 0.05) is 12.2 Å². The molecule has 1 fully saturated rings. The summed E-state index contributed by atoms with van der Waals surface area (Å²) in [6.07, 6.45) is 5.09. The Morgan fingerprint density at radius 3 is 3.00 bits per heavy atom. The van der Waals surface area contributed by atoms with Crippen LogP contribution < -0.4 is 5.32 Å². The van der Waals surface area contributed by atoms with Crippen LogP contribution in [0.2, 0.25) is 0 Å². The van der Waals surface area contributed by atoms with Gasteiger partial charge in [-0.15, -0.1) is 0 Å². The van der Waals surface area contributed by atoms with Crippen molar-refractivity contribution in [1.82, 2.24) is 4.98 Å². The zero-order chi connectivity index (χ0) is 9.97. The van der Waals surface area contributed by atoms with Gasteiger partial charge in [-0.1, -0.05) is 6.92 Å². The number of rotatable bonds is 2. The largest absolute Gasteiger partial charge is 0.365 e. The number of nitrogens with zero attached hydrogens (tertiary/aromatic N) is 1. The lowest BCUT2D eigenvalue weighted by molar-refractivity contribution is 0.595. The molecule has 0 radical (unpaired) electrons. The molecule has 1 aliphatic carbocycles. The number of nitrogens with one attached hydrogen (secondary N) is 1. The lowest BCUT2D eigenvalue weighted by atomic mass is 10.1. The summed E-state index contributed by atoms with van der Waals surface area (Å²) in [5.74, 6) is 0.887. The van der Waals surface area contributed by atoms with Gasteiger partial charge in [-0.25, -0.2) is 9.37 Å². The molecule has 1 aromatic heterocycles. The average Bonchev–Trinajstić information content (AvgIpc) is 2.56. The van der Waals surface area contributed by atoms with Crippen molar-refractivity contribution in [3.63, 3.8) is 0 Å². The summed E-state index contributed by atoms with van der Waals surface area (Å²) >= 11 is 0. The summed E-state index contributed by atoms with van der Waals surface area (Å²) in [4.78, 5) is 3.98. The second-order valence-electron chi connectivity index (χ2n) is 4.09. The highest BCUT2D eigenvalue weighted by Crippen LogP contribution is 2.27. The predicted molar refractivity (Wildman–Crippen MR) is 54.6 cm³/mol. The van der Waals surface area contributed by atoms with Crippen LogP contribution in [0.25, 0.3) is 0 Å². The van der Waals surface area contributed by atoms with Crippen LogP contribution in [0.1, 0.15) is 26.2 Å². The quantitative estimate of drug-likeness (QED) is 0.783. The average molecular weight is 194 g/mol. The fraction of sp³-hybridized carbons (Fsp3) is 0.545. The van der Waals surface area contributed by atoms with Gasteiger partial charge in [-0.05, 0) is 37.3 Å². The SMILES string of the molecule is CC1CCC(Nc2ncccc2F)C1. The second-order valence-corrected chi connectivity index (χ2v) is 4.09. The number of halogens is 1. The van der Waals surface area contributed by atoms with Gasteiger partial charge in [0.15, 0.2) is 11.6 Å². The fourth-order valence-corrected chi connectivity index (χ4v) is 2.02. The molecule has 1 N–H and O–H groups in total. The monoisotopic (exact) mass is 194 g/mol. The number of anilines is 1. The molecule has 1 aromatic rings. The molecule has 76 valence electrons. The Kier molecular flexibility index (Phi) is 2.66. The van der Waals surface area contributed by atoms with E-state index in [2.05, 4.69) is 17.2 Å². The van der Waals surface area contributed by atoms with Crippen molar-refractivity contribution < 1.29 is 4.39 Å². The molecule has 0 saturated heterocycles. The molecule has 2 rings (SSSR count). The molecule has 1 aliphatic rings. The summed E-state index contributed by atoms with van der Waals surface area (Å²) in [5.41, 5.74) is 0. The maximum atomic E-state index is 13.2. The predicted octanol–water partition coefficient (Wildman–Crippen LogP) is 2.82. The highest BCUT2D eigenvalue weighted by Gasteiger charge is 2.21. The van der Waals surface area contributed by atoms with Crippen molar-refractivity contribution in [2.75, 3.05) is 5.32 Å². The summed E-state index contributed by atoms with van der Waals surface area (Å²) in [6.45, 7) is 2.23. The van der Waals surface area contributed by atoms with Crippen LogP contribution in [0.15, 0.2) is 18.3 Å². The first-order chi connectivity index (χ1) is 6.75. The molecular formula is C11H15FN2. The van der Waals surface area contributed by atoms with Crippen molar-refractivity contribution >= 4 is 5.82 Å². The molecule has 14 heavy (non-hydrogen) atoms. The number of hydrogen-bond donors (Lipinski definition) is 1. The van der Waals surface area contributed by atoms with Gasteiger partial charge in [0.2, 0.25) is 0 Å². The van der Waals surface area contributed by atoms with Gasteiger partial charge in [0.1, 0.15) is 0 Å². The van der Waals surface area contributed by atoms with E-state index in [4.69, 9.17) is 0 Å². The first-order valence-corrected chi connectivity index (χ1v) is 5.13. The molecule has 0 spiro atoms. The lowest BCUT2D eigenvalue weighted by Gasteiger charge is -2.13. The van der Waals surface area contributed by atoms with Crippen molar-refractivity contribution in [2.45, 2.75) is 32.2 Å². The van der Waals surface area contributed by atoms with Crippen molar-refractivity contribution in [1.29, 1.82) is 0 Å². The Labute approximate surface area is 83.6 Å². The smallest absolute Gasteiger partial charge is 0.165 e. The highest BCUT2D eigenvalue weighted by molar-refractivity contribution is 5.36. The highest BCUT2D eigenvalue weighted by atomic mass is 19.1. The van der Waals surface area contributed by atoms with E-state index in [0.29, 0.717) is 11.9 Å². The van der Waals surface area contributed by atoms with Gasteiger partial charge >= 0.3 is 0 Å².